The maximum Gasteiger partial charge on any atom is 0.408 e. The molecule has 0 spiro atoms. The van der Waals surface area contributed by atoms with Crippen LogP contribution in [0.15, 0.2) is 60.7 Å². The van der Waals surface area contributed by atoms with Crippen LogP contribution in [0.25, 0.3) is 0 Å². The molecule has 2 rings (SSSR count). The first-order valence-corrected chi connectivity index (χ1v) is 10.6. The topological polar surface area (TPSA) is 165 Å². The van der Waals surface area contributed by atoms with Crippen molar-refractivity contribution >= 4 is 35.1 Å². The van der Waals surface area contributed by atoms with E-state index in [1.165, 1.54) is 27.7 Å². The zero-order valence-electron chi connectivity index (χ0n) is 20.0. The van der Waals surface area contributed by atoms with Crippen LogP contribution in [0.3, 0.4) is 0 Å². The zero-order chi connectivity index (χ0) is 27.1. The van der Waals surface area contributed by atoms with Crippen LogP contribution < -0.4 is 11.1 Å². The molecule has 1 amide bonds. The van der Waals surface area contributed by atoms with Crippen LogP contribution in [-0.4, -0.2) is 44.8 Å². The maximum absolute atomic E-state index is 11.3. The quantitative estimate of drug-likeness (QED) is 0.400. The molecule has 10 nitrogen and oxygen atoms in total. The Balaban J connectivity index is 0.000000550. The predicted molar refractivity (Wildman–Crippen MR) is 130 cm³/mol. The molecular formula is C24H31ClN2O8. The number of aliphatic carboxylic acids is 2. The average Bonchev–Trinajstić information content (AvgIpc) is 2.77. The number of hydrogen-bond donors (Lipinski definition) is 4. The average molecular weight is 511 g/mol. The summed E-state index contributed by atoms with van der Waals surface area (Å²) in [5.41, 5.74) is 3.66. The van der Waals surface area contributed by atoms with Gasteiger partial charge >= 0.3 is 23.5 Å². The molecule has 35 heavy (non-hydrogen) atoms. The standard InChI is InChI=1S/C12H15NO4.C8H7ClO2.C4H9NO2/c1-12(2,10(14)15)13-11(16)17-8-9-6-4-3-5-7-9;9-8(10)11-6-7-4-2-1-3-5-7;1-4(2,5)3(6)7/h3-7H,8H2,1-2H3,(H,13,16)(H,14,15);1-5H,6H2;5H2,1-2H3,(H,6,7). The molecule has 0 aliphatic rings. The van der Waals surface area contributed by atoms with Gasteiger partial charge in [-0.05, 0) is 38.8 Å². The van der Waals surface area contributed by atoms with Crippen LogP contribution in [0.4, 0.5) is 9.59 Å². The minimum Gasteiger partial charge on any atom is -0.480 e. The number of carbonyl (C=O) groups excluding carboxylic acids is 2. The van der Waals surface area contributed by atoms with Crippen LogP contribution in [-0.2, 0) is 32.3 Å². The van der Waals surface area contributed by atoms with Gasteiger partial charge in [-0.15, -0.1) is 0 Å². The highest BCUT2D eigenvalue weighted by Gasteiger charge is 2.29. The van der Waals surface area contributed by atoms with E-state index < -0.39 is 34.5 Å². The van der Waals surface area contributed by atoms with Crippen LogP contribution in [0.2, 0.25) is 0 Å². The van der Waals surface area contributed by atoms with Gasteiger partial charge in [0.25, 0.3) is 0 Å². The number of ether oxygens (including phenoxy) is 2. The first-order chi connectivity index (χ1) is 16.1. The van der Waals surface area contributed by atoms with E-state index in [4.69, 9.17) is 32.3 Å². The van der Waals surface area contributed by atoms with Gasteiger partial charge in [-0.1, -0.05) is 60.7 Å². The summed E-state index contributed by atoms with van der Waals surface area (Å²) >= 11 is 4.97. The number of halogens is 1. The van der Waals surface area contributed by atoms with Crippen molar-refractivity contribution in [3.8, 4) is 0 Å². The molecule has 0 heterocycles. The second-order valence-corrected chi connectivity index (χ2v) is 8.46. The fraction of sp³-hybridized carbons (Fsp3) is 0.333. The second kappa shape index (κ2) is 15.3. The number of carboxylic acids is 2. The van der Waals surface area contributed by atoms with Gasteiger partial charge in [0.2, 0.25) is 0 Å². The Kier molecular flexibility index (Phi) is 13.7. The van der Waals surface area contributed by atoms with E-state index >= 15 is 0 Å². The second-order valence-electron chi connectivity index (χ2n) is 8.16. The van der Waals surface area contributed by atoms with E-state index in [0.717, 1.165) is 11.1 Å². The van der Waals surface area contributed by atoms with Crippen molar-refractivity contribution in [2.24, 2.45) is 5.73 Å². The van der Waals surface area contributed by atoms with Gasteiger partial charge in [0.05, 0.1) is 0 Å². The molecule has 2 aromatic carbocycles. The lowest BCUT2D eigenvalue weighted by Gasteiger charge is -2.20. The van der Waals surface area contributed by atoms with Gasteiger partial charge in [-0.2, -0.15) is 0 Å². The Hall–Kier alpha value is -3.63. The molecule has 5 N–H and O–H groups in total. The molecule has 0 aliphatic carbocycles. The highest BCUT2D eigenvalue weighted by Crippen LogP contribution is 2.05. The Bertz CT molecular complexity index is 945. The summed E-state index contributed by atoms with van der Waals surface area (Å²) in [6.07, 6.45) is -0.749. The summed E-state index contributed by atoms with van der Waals surface area (Å²) in [6, 6.07) is 18.5. The molecule has 0 aliphatic heterocycles. The van der Waals surface area contributed by atoms with Gasteiger partial charge in [0.15, 0.2) is 0 Å². The van der Waals surface area contributed by atoms with Crippen molar-refractivity contribution in [2.75, 3.05) is 0 Å². The van der Waals surface area contributed by atoms with Gasteiger partial charge in [0.1, 0.15) is 24.3 Å². The zero-order valence-corrected chi connectivity index (χ0v) is 20.7. The largest absolute Gasteiger partial charge is 0.480 e. The van der Waals surface area contributed by atoms with Crippen molar-refractivity contribution in [1.29, 1.82) is 0 Å². The normalized spacial score (nSPS) is 10.3. The first kappa shape index (κ1) is 31.4. The Morgan fingerprint density at radius 2 is 1.17 bits per heavy atom. The Labute approximate surface area is 209 Å². The highest BCUT2D eigenvalue weighted by atomic mass is 35.5. The molecule has 192 valence electrons. The van der Waals surface area contributed by atoms with Gasteiger partial charge in [-0.25, -0.2) is 14.4 Å². The number of carbonyl (C=O) groups is 4. The molecule has 0 radical (unpaired) electrons. The fourth-order valence-electron chi connectivity index (χ4n) is 1.78. The van der Waals surface area contributed by atoms with E-state index in [1.807, 2.05) is 60.7 Å². The number of hydrogen-bond acceptors (Lipinski definition) is 7. The molecular weight excluding hydrogens is 480 g/mol. The van der Waals surface area contributed by atoms with Crippen LogP contribution in [0, 0.1) is 0 Å². The molecule has 0 saturated heterocycles. The number of nitrogens with one attached hydrogen (secondary N) is 1. The summed E-state index contributed by atoms with van der Waals surface area (Å²) in [5.74, 6) is -2.10. The van der Waals surface area contributed by atoms with Gasteiger partial charge in [-0.3, -0.25) is 4.79 Å². The molecule has 11 heteroatoms. The number of rotatable bonds is 7. The van der Waals surface area contributed by atoms with Crippen molar-refractivity contribution in [2.45, 2.75) is 52.0 Å². The predicted octanol–water partition coefficient (Wildman–Crippen LogP) is 4.15. The van der Waals surface area contributed by atoms with Gasteiger partial charge < -0.3 is 30.7 Å². The molecule has 0 aromatic heterocycles. The van der Waals surface area contributed by atoms with Crippen LogP contribution >= 0.6 is 11.6 Å². The van der Waals surface area contributed by atoms with E-state index in [1.54, 1.807) is 0 Å². The lowest BCUT2D eigenvalue weighted by atomic mass is 10.1. The maximum atomic E-state index is 11.3. The van der Waals surface area contributed by atoms with Crippen molar-refractivity contribution in [3.05, 3.63) is 71.8 Å². The van der Waals surface area contributed by atoms with E-state index in [2.05, 4.69) is 10.1 Å². The third kappa shape index (κ3) is 15.8. The summed E-state index contributed by atoms with van der Waals surface area (Å²) in [4.78, 5) is 42.2. The highest BCUT2D eigenvalue weighted by molar-refractivity contribution is 6.61. The third-order valence-corrected chi connectivity index (χ3v) is 4.02. The molecule has 2 aromatic rings. The number of carboxylic acid groups (broad SMARTS) is 2. The molecule has 0 atom stereocenters. The number of amides is 1. The summed E-state index contributed by atoms with van der Waals surface area (Å²) in [7, 11) is 0. The number of nitrogens with two attached hydrogens (primary N) is 1. The lowest BCUT2D eigenvalue weighted by molar-refractivity contribution is -0.143. The van der Waals surface area contributed by atoms with Crippen molar-refractivity contribution in [1.82, 2.24) is 5.32 Å². The molecule has 0 bridgehead atoms. The fourth-order valence-corrected chi connectivity index (χ4v) is 1.84. The minimum atomic E-state index is -1.34. The smallest absolute Gasteiger partial charge is 0.408 e. The monoisotopic (exact) mass is 510 g/mol. The Morgan fingerprint density at radius 1 is 0.800 bits per heavy atom. The van der Waals surface area contributed by atoms with E-state index in [9.17, 15) is 19.2 Å². The van der Waals surface area contributed by atoms with Gasteiger partial charge in [0, 0.05) is 11.6 Å². The number of alkyl carbamates (subject to hydrolysis) is 1. The number of benzene rings is 2. The molecule has 0 fully saturated rings. The van der Waals surface area contributed by atoms with E-state index in [-0.39, 0.29) is 13.2 Å². The van der Waals surface area contributed by atoms with Crippen LogP contribution in [0.5, 0.6) is 0 Å². The summed E-state index contributed by atoms with van der Waals surface area (Å²) in [5, 5.41) is 19.2. The molecule has 0 unspecified atom stereocenters. The van der Waals surface area contributed by atoms with E-state index in [0.29, 0.717) is 0 Å². The van der Waals surface area contributed by atoms with Crippen LogP contribution in [0.1, 0.15) is 38.8 Å². The lowest BCUT2D eigenvalue weighted by Crippen LogP contribution is -2.49. The Morgan fingerprint density at radius 3 is 1.49 bits per heavy atom. The first-order valence-electron chi connectivity index (χ1n) is 10.3. The SMILES string of the molecule is CC(C)(N)C(=O)O.CC(C)(NC(=O)OCc1ccccc1)C(=O)O.O=C(Cl)OCc1ccccc1. The minimum absolute atomic E-state index is 0.113. The van der Waals surface area contributed by atoms with Crippen molar-refractivity contribution in [3.63, 3.8) is 0 Å². The van der Waals surface area contributed by atoms with Crippen molar-refractivity contribution < 1.29 is 38.9 Å². The third-order valence-electron chi connectivity index (χ3n) is 3.91. The summed E-state index contributed by atoms with van der Waals surface area (Å²) in [6.45, 7) is 6.01. The summed E-state index contributed by atoms with van der Waals surface area (Å²) < 4.78 is 9.46. The molecule has 0 saturated carbocycles.